The average molecular weight is 352 g/mol. The molecule has 0 saturated carbocycles. The van der Waals surface area contributed by atoms with Crippen LogP contribution in [-0.2, 0) is 16.0 Å². The van der Waals surface area contributed by atoms with Gasteiger partial charge >= 0.3 is 6.09 Å². The number of hydrogen-bond donors (Lipinski definition) is 2. The smallest absolute Gasteiger partial charge is 0.410 e. The molecule has 2 N–H and O–H groups in total. The van der Waals surface area contributed by atoms with Crippen molar-refractivity contribution in [1.29, 1.82) is 0 Å². The van der Waals surface area contributed by atoms with Crippen LogP contribution in [0.25, 0.3) is 0 Å². The number of nitrogens with one attached hydrogen (secondary N) is 1. The van der Waals surface area contributed by atoms with Crippen molar-refractivity contribution in [3.63, 3.8) is 0 Å². The number of carbonyl (C=O) groups is 1. The van der Waals surface area contributed by atoms with E-state index in [1.54, 1.807) is 17.0 Å². The molecule has 140 valence electrons. The third-order valence-corrected chi connectivity index (χ3v) is 3.81. The highest BCUT2D eigenvalue weighted by Gasteiger charge is 2.30. The van der Waals surface area contributed by atoms with E-state index in [4.69, 9.17) is 14.2 Å². The lowest BCUT2D eigenvalue weighted by Crippen LogP contribution is -2.54. The topological polar surface area (TPSA) is 80.3 Å². The van der Waals surface area contributed by atoms with E-state index in [0.717, 1.165) is 5.56 Å². The quantitative estimate of drug-likeness (QED) is 0.845. The number of carbonyl (C=O) groups excluding carboxylic acids is 1. The van der Waals surface area contributed by atoms with E-state index in [9.17, 15) is 9.90 Å². The van der Waals surface area contributed by atoms with Crippen molar-refractivity contribution in [2.75, 3.05) is 33.4 Å². The van der Waals surface area contributed by atoms with Crippen molar-refractivity contribution in [3.05, 3.63) is 23.8 Å². The number of phenols is 1. The maximum Gasteiger partial charge on any atom is 0.410 e. The number of aromatic hydroxyl groups is 1. The first kappa shape index (κ1) is 19.3. The predicted molar refractivity (Wildman–Crippen MR) is 93.9 cm³/mol. The van der Waals surface area contributed by atoms with Crippen LogP contribution in [0.4, 0.5) is 4.79 Å². The molecular formula is C18H28N2O5. The fourth-order valence-corrected chi connectivity index (χ4v) is 2.61. The van der Waals surface area contributed by atoms with Gasteiger partial charge in [0, 0.05) is 19.6 Å². The highest BCUT2D eigenvalue weighted by Crippen LogP contribution is 2.26. The molecule has 1 atom stereocenters. The van der Waals surface area contributed by atoms with Gasteiger partial charge in [0.1, 0.15) is 5.60 Å². The molecule has 7 heteroatoms. The van der Waals surface area contributed by atoms with Crippen molar-refractivity contribution in [2.45, 2.75) is 39.0 Å². The Morgan fingerprint density at radius 2 is 2.20 bits per heavy atom. The van der Waals surface area contributed by atoms with Gasteiger partial charge in [-0.05, 0) is 38.5 Å². The number of morpholine rings is 1. The molecule has 0 radical (unpaired) electrons. The van der Waals surface area contributed by atoms with Crippen LogP contribution in [0.5, 0.6) is 11.5 Å². The molecule has 0 spiro atoms. The number of methoxy groups -OCH3 is 1. The van der Waals surface area contributed by atoms with Gasteiger partial charge in [-0.25, -0.2) is 4.79 Å². The van der Waals surface area contributed by atoms with Gasteiger partial charge in [0.15, 0.2) is 11.5 Å². The molecule has 1 aromatic rings. The summed E-state index contributed by atoms with van der Waals surface area (Å²) in [5.74, 6) is 0.554. The number of phenolic OH excluding ortho intramolecular Hbond substituents is 1. The van der Waals surface area contributed by atoms with Crippen molar-refractivity contribution >= 4 is 6.09 Å². The Labute approximate surface area is 148 Å². The van der Waals surface area contributed by atoms with Crippen LogP contribution in [0.15, 0.2) is 18.2 Å². The number of benzene rings is 1. The second-order valence-electron chi connectivity index (χ2n) is 7.04. The summed E-state index contributed by atoms with van der Waals surface area (Å²) in [6, 6.07) is 5.18. The van der Waals surface area contributed by atoms with Gasteiger partial charge in [-0.15, -0.1) is 0 Å². The molecule has 1 aliphatic rings. The largest absolute Gasteiger partial charge is 0.504 e. The Hall–Kier alpha value is -1.99. The van der Waals surface area contributed by atoms with Gasteiger partial charge in [0.25, 0.3) is 0 Å². The first-order valence-electron chi connectivity index (χ1n) is 8.44. The van der Waals surface area contributed by atoms with Crippen molar-refractivity contribution in [1.82, 2.24) is 10.2 Å². The molecular weight excluding hydrogens is 324 g/mol. The number of hydrogen-bond acceptors (Lipinski definition) is 6. The minimum atomic E-state index is -0.520. The third-order valence-electron chi connectivity index (χ3n) is 3.81. The third kappa shape index (κ3) is 5.79. The number of ether oxygens (including phenoxy) is 3. The van der Waals surface area contributed by atoms with Gasteiger partial charge < -0.3 is 24.6 Å². The lowest BCUT2D eigenvalue weighted by Gasteiger charge is -2.36. The lowest BCUT2D eigenvalue weighted by molar-refractivity contribution is -0.0317. The summed E-state index contributed by atoms with van der Waals surface area (Å²) in [5, 5.41) is 13.1. The molecule has 0 aliphatic carbocycles. The predicted octanol–water partition coefficient (Wildman–Crippen LogP) is 2.13. The van der Waals surface area contributed by atoms with Crippen LogP contribution < -0.4 is 10.1 Å². The highest BCUT2D eigenvalue weighted by atomic mass is 16.6. The molecule has 1 unspecified atom stereocenters. The maximum absolute atomic E-state index is 12.3. The Bertz CT molecular complexity index is 585. The highest BCUT2D eigenvalue weighted by molar-refractivity contribution is 5.68. The maximum atomic E-state index is 12.3. The standard InChI is InChI=1S/C18H28N2O5/c1-18(2,3)25-17(22)20-7-8-24-12-14(20)11-19-10-13-5-6-16(23-4)15(21)9-13/h5-6,9,14,19,21H,7-8,10-12H2,1-4H3. The molecule has 0 aromatic heterocycles. The molecule has 25 heavy (non-hydrogen) atoms. The Morgan fingerprint density at radius 3 is 2.84 bits per heavy atom. The van der Waals surface area contributed by atoms with E-state index < -0.39 is 5.60 Å². The zero-order valence-electron chi connectivity index (χ0n) is 15.4. The molecule has 1 saturated heterocycles. The van der Waals surface area contributed by atoms with Gasteiger partial charge in [0.05, 0.1) is 26.4 Å². The Balaban J connectivity index is 1.89. The minimum absolute atomic E-state index is 0.0876. The van der Waals surface area contributed by atoms with E-state index in [1.807, 2.05) is 26.8 Å². The van der Waals surface area contributed by atoms with Crippen molar-refractivity contribution in [2.24, 2.45) is 0 Å². The Morgan fingerprint density at radius 1 is 1.44 bits per heavy atom. The fourth-order valence-electron chi connectivity index (χ4n) is 2.61. The van der Waals surface area contributed by atoms with Crippen LogP contribution in [0.2, 0.25) is 0 Å². The van der Waals surface area contributed by atoms with Gasteiger partial charge in [-0.1, -0.05) is 6.07 Å². The zero-order valence-corrected chi connectivity index (χ0v) is 15.4. The SMILES string of the molecule is COc1ccc(CNCC2COCCN2C(=O)OC(C)(C)C)cc1O. The average Bonchev–Trinajstić information content (AvgIpc) is 2.54. The molecule has 0 bridgehead atoms. The van der Waals surface area contributed by atoms with Gasteiger partial charge in [-0.2, -0.15) is 0 Å². The summed E-state index contributed by atoms with van der Waals surface area (Å²) < 4.78 is 16.0. The van der Waals surface area contributed by atoms with Crippen LogP contribution in [0, 0.1) is 0 Å². The van der Waals surface area contributed by atoms with E-state index in [-0.39, 0.29) is 17.9 Å². The summed E-state index contributed by atoms with van der Waals surface area (Å²) in [5.41, 5.74) is 0.410. The summed E-state index contributed by atoms with van der Waals surface area (Å²) in [7, 11) is 1.52. The number of nitrogens with zero attached hydrogens (tertiary/aromatic N) is 1. The molecule has 1 amide bonds. The molecule has 1 aromatic carbocycles. The molecule has 7 nitrogen and oxygen atoms in total. The van der Waals surface area contributed by atoms with Crippen LogP contribution in [0.1, 0.15) is 26.3 Å². The van der Waals surface area contributed by atoms with E-state index in [1.165, 1.54) is 7.11 Å². The van der Waals surface area contributed by atoms with Gasteiger partial charge in [-0.3, -0.25) is 4.90 Å². The summed E-state index contributed by atoms with van der Waals surface area (Å²) in [4.78, 5) is 14.1. The second kappa shape index (κ2) is 8.40. The summed E-state index contributed by atoms with van der Waals surface area (Å²) in [6.07, 6.45) is -0.315. The van der Waals surface area contributed by atoms with E-state index in [0.29, 0.717) is 38.6 Å². The fraction of sp³-hybridized carbons (Fsp3) is 0.611. The molecule has 2 rings (SSSR count). The lowest BCUT2D eigenvalue weighted by atomic mass is 10.2. The number of amides is 1. The zero-order chi connectivity index (χ0) is 18.4. The van der Waals surface area contributed by atoms with Crippen molar-refractivity contribution < 1.29 is 24.1 Å². The molecule has 1 heterocycles. The first-order chi connectivity index (χ1) is 11.8. The second-order valence-corrected chi connectivity index (χ2v) is 7.04. The van der Waals surface area contributed by atoms with Gasteiger partial charge in [0.2, 0.25) is 0 Å². The normalized spacial score (nSPS) is 18.1. The first-order valence-corrected chi connectivity index (χ1v) is 8.44. The number of rotatable bonds is 5. The summed E-state index contributed by atoms with van der Waals surface area (Å²) >= 11 is 0. The van der Waals surface area contributed by atoms with E-state index >= 15 is 0 Å². The molecule has 1 aliphatic heterocycles. The van der Waals surface area contributed by atoms with E-state index in [2.05, 4.69) is 5.32 Å². The Kier molecular flexibility index (Phi) is 6.50. The van der Waals surface area contributed by atoms with Crippen molar-refractivity contribution in [3.8, 4) is 11.5 Å². The van der Waals surface area contributed by atoms with Crippen LogP contribution >= 0.6 is 0 Å². The van der Waals surface area contributed by atoms with Crippen LogP contribution in [0.3, 0.4) is 0 Å². The van der Waals surface area contributed by atoms with Crippen LogP contribution in [-0.4, -0.2) is 61.2 Å². The minimum Gasteiger partial charge on any atom is -0.504 e. The molecule has 1 fully saturated rings. The summed E-state index contributed by atoms with van der Waals surface area (Å²) in [6.45, 7) is 8.22. The monoisotopic (exact) mass is 352 g/mol.